The molecule has 3 nitrogen and oxygen atoms in total. The summed E-state index contributed by atoms with van der Waals surface area (Å²) >= 11 is 0. The number of nitrogens with zero attached hydrogens (tertiary/aromatic N) is 2. The fourth-order valence-electron chi connectivity index (χ4n) is 2.44. The third-order valence-corrected chi connectivity index (χ3v) is 3.83. The van der Waals surface area contributed by atoms with Crippen LogP contribution in [0.4, 0.5) is 0 Å². The predicted molar refractivity (Wildman–Crippen MR) is 70.8 cm³/mol. The minimum Gasteiger partial charge on any atom is -0.310 e. The molecule has 0 aliphatic heterocycles. The molecule has 0 saturated carbocycles. The molecule has 0 amide bonds. The van der Waals surface area contributed by atoms with Crippen molar-refractivity contribution in [2.45, 2.75) is 39.2 Å². The van der Waals surface area contributed by atoms with E-state index in [9.17, 15) is 0 Å². The summed E-state index contributed by atoms with van der Waals surface area (Å²) in [4.78, 5) is 0. The van der Waals surface area contributed by atoms with Gasteiger partial charge in [0.25, 0.3) is 0 Å². The first-order valence-electron chi connectivity index (χ1n) is 6.55. The van der Waals surface area contributed by atoms with E-state index in [0.717, 1.165) is 12.5 Å². The molecular weight excluding hydrogens is 210 g/mol. The summed E-state index contributed by atoms with van der Waals surface area (Å²) in [6.07, 6.45) is 10.4. The quantitative estimate of drug-likeness (QED) is 0.810. The fraction of sp³-hybridized carbons (Fsp3) is 0.643. The minimum absolute atomic E-state index is 0.398. The summed E-state index contributed by atoms with van der Waals surface area (Å²) in [5, 5.41) is 7.93. The van der Waals surface area contributed by atoms with Crippen molar-refractivity contribution in [3.63, 3.8) is 0 Å². The van der Waals surface area contributed by atoms with Gasteiger partial charge in [0.2, 0.25) is 0 Å². The molecule has 0 saturated heterocycles. The largest absolute Gasteiger partial charge is 0.310 e. The highest BCUT2D eigenvalue weighted by Gasteiger charge is 2.14. The van der Waals surface area contributed by atoms with Crippen molar-refractivity contribution >= 4 is 0 Å². The standard InChI is InChI=1S/C14H23N3/c1-11(14-10-16-17(3)12(14)2)15-9-13-7-5-4-6-8-13/h4-5,10-11,13,15H,6-9H2,1-3H3. The lowest BCUT2D eigenvalue weighted by Crippen LogP contribution is -2.26. The van der Waals surface area contributed by atoms with Crippen LogP contribution in [0.3, 0.4) is 0 Å². The van der Waals surface area contributed by atoms with Crippen LogP contribution < -0.4 is 5.32 Å². The molecule has 0 aromatic carbocycles. The van der Waals surface area contributed by atoms with Crippen LogP contribution in [0.2, 0.25) is 0 Å². The van der Waals surface area contributed by atoms with E-state index in [1.54, 1.807) is 0 Å². The molecule has 94 valence electrons. The van der Waals surface area contributed by atoms with Crippen LogP contribution in [0.5, 0.6) is 0 Å². The lowest BCUT2D eigenvalue weighted by Gasteiger charge is -2.21. The number of rotatable bonds is 4. The lowest BCUT2D eigenvalue weighted by molar-refractivity contribution is 0.415. The predicted octanol–water partition coefficient (Wildman–Crippen LogP) is 2.74. The van der Waals surface area contributed by atoms with Crippen molar-refractivity contribution in [2.75, 3.05) is 6.54 Å². The molecule has 1 aliphatic carbocycles. The van der Waals surface area contributed by atoms with Crippen molar-refractivity contribution in [3.05, 3.63) is 29.6 Å². The van der Waals surface area contributed by atoms with Crippen LogP contribution in [-0.2, 0) is 7.05 Å². The van der Waals surface area contributed by atoms with E-state index in [0.29, 0.717) is 6.04 Å². The average molecular weight is 233 g/mol. The Balaban J connectivity index is 1.86. The van der Waals surface area contributed by atoms with Crippen LogP contribution in [0.25, 0.3) is 0 Å². The van der Waals surface area contributed by atoms with Gasteiger partial charge in [0.05, 0.1) is 6.20 Å². The van der Waals surface area contributed by atoms with E-state index < -0.39 is 0 Å². The first-order chi connectivity index (χ1) is 8.18. The Labute approximate surface area is 104 Å². The molecule has 0 bridgehead atoms. The molecule has 2 rings (SSSR count). The van der Waals surface area contributed by atoms with E-state index in [1.807, 2.05) is 17.9 Å². The fourth-order valence-corrected chi connectivity index (χ4v) is 2.44. The minimum atomic E-state index is 0.398. The Morgan fingerprint density at radius 3 is 2.94 bits per heavy atom. The van der Waals surface area contributed by atoms with Gasteiger partial charge in [-0.1, -0.05) is 12.2 Å². The van der Waals surface area contributed by atoms with E-state index in [2.05, 4.69) is 36.4 Å². The van der Waals surface area contributed by atoms with Crippen molar-refractivity contribution < 1.29 is 0 Å². The molecule has 3 heteroatoms. The van der Waals surface area contributed by atoms with Crippen LogP contribution in [0.15, 0.2) is 18.3 Å². The molecule has 1 N–H and O–H groups in total. The number of hydrogen-bond acceptors (Lipinski definition) is 2. The molecule has 0 radical (unpaired) electrons. The second kappa shape index (κ2) is 5.50. The molecule has 0 fully saturated rings. The highest BCUT2D eigenvalue weighted by Crippen LogP contribution is 2.20. The second-order valence-corrected chi connectivity index (χ2v) is 5.09. The molecule has 17 heavy (non-hydrogen) atoms. The number of nitrogens with one attached hydrogen (secondary N) is 1. The summed E-state index contributed by atoms with van der Waals surface area (Å²) in [5.41, 5.74) is 2.58. The van der Waals surface area contributed by atoms with Crippen LogP contribution in [-0.4, -0.2) is 16.3 Å². The molecule has 2 atom stereocenters. The molecular formula is C14H23N3. The summed E-state index contributed by atoms with van der Waals surface area (Å²) in [6.45, 7) is 5.46. The van der Waals surface area contributed by atoms with Gasteiger partial charge in [-0.2, -0.15) is 5.10 Å². The van der Waals surface area contributed by atoms with Crippen molar-refractivity contribution in [2.24, 2.45) is 13.0 Å². The molecule has 1 heterocycles. The Bertz CT molecular complexity index is 392. The van der Waals surface area contributed by atoms with Gasteiger partial charge >= 0.3 is 0 Å². The maximum atomic E-state index is 4.30. The van der Waals surface area contributed by atoms with Gasteiger partial charge in [0.15, 0.2) is 0 Å². The molecule has 1 aliphatic rings. The highest BCUT2D eigenvalue weighted by molar-refractivity contribution is 5.19. The van der Waals surface area contributed by atoms with Crippen LogP contribution >= 0.6 is 0 Å². The normalized spacial score (nSPS) is 21.7. The first kappa shape index (κ1) is 12.4. The van der Waals surface area contributed by atoms with Crippen molar-refractivity contribution in [1.82, 2.24) is 15.1 Å². The topological polar surface area (TPSA) is 29.9 Å². The SMILES string of the molecule is Cc1c(C(C)NCC2CC=CCC2)cnn1C. The Morgan fingerprint density at radius 2 is 2.35 bits per heavy atom. The first-order valence-corrected chi connectivity index (χ1v) is 6.55. The Morgan fingerprint density at radius 1 is 1.53 bits per heavy atom. The maximum absolute atomic E-state index is 4.30. The van der Waals surface area contributed by atoms with Gasteiger partial charge in [-0.05, 0) is 45.6 Å². The van der Waals surface area contributed by atoms with E-state index in [4.69, 9.17) is 0 Å². The van der Waals surface area contributed by atoms with Gasteiger partial charge in [-0.25, -0.2) is 0 Å². The van der Waals surface area contributed by atoms with E-state index in [-0.39, 0.29) is 0 Å². The summed E-state index contributed by atoms with van der Waals surface area (Å²) in [6, 6.07) is 0.398. The number of aryl methyl sites for hydroxylation is 1. The van der Waals surface area contributed by atoms with Gasteiger partial charge < -0.3 is 5.32 Å². The highest BCUT2D eigenvalue weighted by atomic mass is 15.3. The smallest absolute Gasteiger partial charge is 0.0540 e. The second-order valence-electron chi connectivity index (χ2n) is 5.09. The van der Waals surface area contributed by atoms with Gasteiger partial charge in [-0.3, -0.25) is 4.68 Å². The third kappa shape index (κ3) is 2.97. The average Bonchev–Trinajstić information content (AvgIpc) is 2.69. The Hall–Kier alpha value is -1.09. The zero-order valence-corrected chi connectivity index (χ0v) is 11.1. The molecule has 2 unspecified atom stereocenters. The van der Waals surface area contributed by atoms with E-state index in [1.165, 1.54) is 30.5 Å². The molecule has 1 aromatic heterocycles. The Kier molecular flexibility index (Phi) is 4.00. The van der Waals surface area contributed by atoms with Gasteiger partial charge in [0, 0.05) is 24.3 Å². The molecule has 1 aromatic rings. The maximum Gasteiger partial charge on any atom is 0.0540 e. The zero-order valence-electron chi connectivity index (χ0n) is 11.1. The van der Waals surface area contributed by atoms with Crippen LogP contribution in [0, 0.1) is 12.8 Å². The molecule has 0 spiro atoms. The monoisotopic (exact) mass is 233 g/mol. The summed E-state index contributed by atoms with van der Waals surface area (Å²) in [5.74, 6) is 0.805. The van der Waals surface area contributed by atoms with E-state index >= 15 is 0 Å². The summed E-state index contributed by atoms with van der Waals surface area (Å²) in [7, 11) is 2.00. The van der Waals surface area contributed by atoms with Gasteiger partial charge in [0.1, 0.15) is 0 Å². The van der Waals surface area contributed by atoms with Gasteiger partial charge in [-0.15, -0.1) is 0 Å². The van der Waals surface area contributed by atoms with Crippen LogP contribution in [0.1, 0.15) is 43.5 Å². The zero-order chi connectivity index (χ0) is 12.3. The number of aromatic nitrogens is 2. The number of allylic oxidation sites excluding steroid dienone is 2. The lowest BCUT2D eigenvalue weighted by atomic mass is 9.94. The van der Waals surface area contributed by atoms with Crippen molar-refractivity contribution in [1.29, 1.82) is 0 Å². The van der Waals surface area contributed by atoms with Crippen molar-refractivity contribution in [3.8, 4) is 0 Å². The summed E-state index contributed by atoms with van der Waals surface area (Å²) < 4.78 is 1.94. The number of hydrogen-bond donors (Lipinski definition) is 1. The third-order valence-electron chi connectivity index (χ3n) is 3.83.